The van der Waals surface area contributed by atoms with Gasteiger partial charge in [-0.3, -0.25) is 9.78 Å². The van der Waals surface area contributed by atoms with E-state index in [4.69, 9.17) is 0 Å². The minimum Gasteiger partial charge on any atom is -0.343 e. The Bertz CT molecular complexity index is 663. The summed E-state index contributed by atoms with van der Waals surface area (Å²) in [5.74, 6) is 1.96. The third kappa shape index (κ3) is 4.21. The van der Waals surface area contributed by atoms with Crippen molar-refractivity contribution in [2.75, 3.05) is 18.4 Å². The van der Waals surface area contributed by atoms with Gasteiger partial charge in [-0.05, 0) is 25.2 Å². The second kappa shape index (κ2) is 7.13. The molecule has 7 heteroatoms. The van der Waals surface area contributed by atoms with Crippen LogP contribution in [0.2, 0.25) is 0 Å². The van der Waals surface area contributed by atoms with E-state index >= 15 is 0 Å². The van der Waals surface area contributed by atoms with E-state index in [2.05, 4.69) is 25.3 Å². The van der Waals surface area contributed by atoms with Gasteiger partial charge in [0.1, 0.15) is 18.0 Å². The van der Waals surface area contributed by atoms with Gasteiger partial charge in [0.05, 0.1) is 6.20 Å². The highest BCUT2D eigenvalue weighted by Gasteiger charge is 2.22. The first kappa shape index (κ1) is 15.3. The van der Waals surface area contributed by atoms with E-state index in [0.717, 1.165) is 38.0 Å². The van der Waals surface area contributed by atoms with Gasteiger partial charge in [-0.1, -0.05) is 0 Å². The Morgan fingerprint density at radius 3 is 3.00 bits per heavy atom. The molecule has 3 rings (SSSR count). The van der Waals surface area contributed by atoms with Crippen molar-refractivity contribution in [3.8, 4) is 0 Å². The molecule has 1 fully saturated rings. The number of anilines is 2. The SMILES string of the molecule is CC(=O)N1CCC[C@@H](Cc2cc(Nc3cnccn3)ncn2)C1. The molecule has 1 atom stereocenters. The molecule has 23 heavy (non-hydrogen) atoms. The highest BCUT2D eigenvalue weighted by atomic mass is 16.2. The first-order valence-corrected chi connectivity index (χ1v) is 7.80. The van der Waals surface area contributed by atoms with Crippen LogP contribution in [0.5, 0.6) is 0 Å². The fraction of sp³-hybridized carbons (Fsp3) is 0.438. The van der Waals surface area contributed by atoms with Crippen LogP contribution in [-0.4, -0.2) is 43.8 Å². The van der Waals surface area contributed by atoms with Gasteiger partial charge >= 0.3 is 0 Å². The molecule has 0 aliphatic carbocycles. The largest absolute Gasteiger partial charge is 0.343 e. The average Bonchev–Trinajstić information content (AvgIpc) is 2.56. The van der Waals surface area contributed by atoms with E-state index in [1.165, 1.54) is 0 Å². The van der Waals surface area contributed by atoms with Gasteiger partial charge in [0.15, 0.2) is 0 Å². The number of hydrogen-bond acceptors (Lipinski definition) is 6. The summed E-state index contributed by atoms with van der Waals surface area (Å²) in [6.07, 6.45) is 9.48. The highest BCUT2D eigenvalue weighted by molar-refractivity contribution is 5.73. The summed E-state index contributed by atoms with van der Waals surface area (Å²) in [6, 6.07) is 1.93. The molecule has 0 unspecified atom stereocenters. The molecular formula is C16H20N6O. The topological polar surface area (TPSA) is 83.9 Å². The lowest BCUT2D eigenvalue weighted by Crippen LogP contribution is -2.39. The lowest BCUT2D eigenvalue weighted by molar-refractivity contribution is -0.130. The van der Waals surface area contributed by atoms with Crippen molar-refractivity contribution in [1.29, 1.82) is 0 Å². The van der Waals surface area contributed by atoms with Gasteiger partial charge in [0.2, 0.25) is 5.91 Å². The lowest BCUT2D eigenvalue weighted by atomic mass is 9.93. The maximum atomic E-state index is 11.5. The monoisotopic (exact) mass is 312 g/mol. The number of hydrogen-bond donors (Lipinski definition) is 1. The Morgan fingerprint density at radius 1 is 1.30 bits per heavy atom. The summed E-state index contributed by atoms with van der Waals surface area (Å²) >= 11 is 0. The van der Waals surface area contributed by atoms with Crippen molar-refractivity contribution in [2.45, 2.75) is 26.2 Å². The van der Waals surface area contributed by atoms with Gasteiger partial charge in [-0.25, -0.2) is 15.0 Å². The predicted octanol–water partition coefficient (Wildman–Crippen LogP) is 1.81. The number of aromatic nitrogens is 4. The highest BCUT2D eigenvalue weighted by Crippen LogP contribution is 2.21. The Morgan fingerprint density at radius 2 is 2.22 bits per heavy atom. The van der Waals surface area contributed by atoms with Gasteiger partial charge in [-0.2, -0.15) is 0 Å². The Kier molecular flexibility index (Phi) is 4.75. The Balaban J connectivity index is 1.64. The van der Waals surface area contributed by atoms with E-state index in [1.54, 1.807) is 31.8 Å². The number of amides is 1. The van der Waals surface area contributed by atoms with E-state index < -0.39 is 0 Å². The molecule has 0 saturated carbocycles. The molecule has 3 heterocycles. The van der Waals surface area contributed by atoms with Crippen LogP contribution in [-0.2, 0) is 11.2 Å². The summed E-state index contributed by atoms with van der Waals surface area (Å²) in [4.78, 5) is 30.2. The summed E-state index contributed by atoms with van der Waals surface area (Å²) in [5.41, 5.74) is 0.974. The summed E-state index contributed by atoms with van der Waals surface area (Å²) < 4.78 is 0. The molecular weight excluding hydrogens is 292 g/mol. The third-order valence-electron chi connectivity index (χ3n) is 4.01. The van der Waals surface area contributed by atoms with Crippen LogP contribution in [0.25, 0.3) is 0 Å². The lowest BCUT2D eigenvalue weighted by Gasteiger charge is -2.31. The van der Waals surface area contributed by atoms with Crippen molar-refractivity contribution in [3.63, 3.8) is 0 Å². The molecule has 1 saturated heterocycles. The van der Waals surface area contributed by atoms with Crippen LogP contribution >= 0.6 is 0 Å². The summed E-state index contributed by atoms with van der Waals surface area (Å²) in [6.45, 7) is 3.32. The van der Waals surface area contributed by atoms with Gasteiger partial charge in [-0.15, -0.1) is 0 Å². The molecule has 0 aromatic carbocycles. The molecule has 1 aliphatic rings. The number of carbonyl (C=O) groups is 1. The zero-order chi connectivity index (χ0) is 16.1. The minimum absolute atomic E-state index is 0.155. The molecule has 0 spiro atoms. The average molecular weight is 312 g/mol. The molecule has 2 aromatic rings. The van der Waals surface area contributed by atoms with Gasteiger partial charge < -0.3 is 10.2 Å². The van der Waals surface area contributed by atoms with Gasteiger partial charge in [0.25, 0.3) is 0 Å². The summed E-state index contributed by atoms with van der Waals surface area (Å²) in [7, 11) is 0. The molecule has 0 radical (unpaired) electrons. The predicted molar refractivity (Wildman–Crippen MR) is 86.0 cm³/mol. The van der Waals surface area contributed by atoms with Crippen LogP contribution < -0.4 is 5.32 Å². The minimum atomic E-state index is 0.155. The van der Waals surface area contributed by atoms with E-state index in [1.807, 2.05) is 11.0 Å². The van der Waals surface area contributed by atoms with E-state index in [0.29, 0.717) is 17.6 Å². The Hall–Kier alpha value is -2.57. The summed E-state index contributed by atoms with van der Waals surface area (Å²) in [5, 5.41) is 3.12. The van der Waals surface area contributed by atoms with E-state index in [-0.39, 0.29) is 5.91 Å². The van der Waals surface area contributed by atoms with Crippen molar-refractivity contribution < 1.29 is 4.79 Å². The second-order valence-electron chi connectivity index (χ2n) is 5.79. The maximum Gasteiger partial charge on any atom is 0.219 e. The van der Waals surface area contributed by atoms with Crippen LogP contribution in [0.15, 0.2) is 31.0 Å². The van der Waals surface area contributed by atoms with Crippen LogP contribution in [0, 0.1) is 5.92 Å². The van der Waals surface area contributed by atoms with Crippen molar-refractivity contribution >= 4 is 17.5 Å². The maximum absolute atomic E-state index is 11.5. The van der Waals surface area contributed by atoms with E-state index in [9.17, 15) is 4.79 Å². The molecule has 1 aliphatic heterocycles. The third-order valence-corrected chi connectivity index (χ3v) is 4.01. The number of likely N-dealkylation sites (tertiary alicyclic amines) is 1. The molecule has 1 amide bonds. The first-order valence-electron chi connectivity index (χ1n) is 7.80. The van der Waals surface area contributed by atoms with Gasteiger partial charge in [0, 0.05) is 44.2 Å². The van der Waals surface area contributed by atoms with Crippen LogP contribution in [0.3, 0.4) is 0 Å². The quantitative estimate of drug-likeness (QED) is 0.927. The van der Waals surface area contributed by atoms with Crippen molar-refractivity contribution in [1.82, 2.24) is 24.8 Å². The zero-order valence-corrected chi connectivity index (χ0v) is 13.1. The van der Waals surface area contributed by atoms with Crippen LogP contribution in [0.1, 0.15) is 25.5 Å². The van der Waals surface area contributed by atoms with Crippen molar-refractivity contribution in [3.05, 3.63) is 36.7 Å². The normalized spacial score (nSPS) is 17.8. The Labute approximate surface area is 135 Å². The number of nitrogens with zero attached hydrogens (tertiary/aromatic N) is 5. The molecule has 1 N–H and O–H groups in total. The fourth-order valence-corrected chi connectivity index (χ4v) is 2.89. The number of nitrogens with one attached hydrogen (secondary N) is 1. The zero-order valence-electron chi connectivity index (χ0n) is 13.1. The molecule has 2 aromatic heterocycles. The molecule has 0 bridgehead atoms. The molecule has 120 valence electrons. The van der Waals surface area contributed by atoms with Crippen LogP contribution in [0.4, 0.5) is 11.6 Å². The molecule has 7 nitrogen and oxygen atoms in total. The fourth-order valence-electron chi connectivity index (χ4n) is 2.89. The number of piperidine rings is 1. The smallest absolute Gasteiger partial charge is 0.219 e. The number of carbonyl (C=O) groups excluding carboxylic acids is 1. The standard InChI is InChI=1S/C16H20N6O/c1-12(23)22-6-2-3-13(10-22)7-14-8-15(20-11-19-14)21-16-9-17-4-5-18-16/h4-5,8-9,11,13H,2-3,6-7,10H2,1H3,(H,18,19,20,21)/t13-/m0/s1. The van der Waals surface area contributed by atoms with Crippen molar-refractivity contribution in [2.24, 2.45) is 5.92 Å². The first-order chi connectivity index (χ1) is 11.2. The second-order valence-corrected chi connectivity index (χ2v) is 5.79. The number of rotatable bonds is 4.